The van der Waals surface area contributed by atoms with E-state index in [1.165, 1.54) is 12.1 Å². The second-order valence-electron chi connectivity index (χ2n) is 8.63. The van der Waals surface area contributed by atoms with E-state index in [0.717, 1.165) is 38.0 Å². The second kappa shape index (κ2) is 11.5. The lowest BCUT2D eigenvalue weighted by atomic mass is 10.1. The third-order valence-corrected chi connectivity index (χ3v) is 7.55. The molecular weight excluding hydrogens is 468 g/mol. The fourth-order valence-corrected chi connectivity index (χ4v) is 5.21. The molecule has 4 rings (SSSR count). The summed E-state index contributed by atoms with van der Waals surface area (Å²) in [5.41, 5.74) is 1.77. The van der Waals surface area contributed by atoms with Crippen LogP contribution in [0.15, 0.2) is 47.4 Å². The number of nitriles is 1. The molecule has 2 heterocycles. The average Bonchev–Trinajstić information content (AvgIpc) is 3.24. The Morgan fingerprint density at radius 2 is 1.74 bits per heavy atom. The van der Waals surface area contributed by atoms with Gasteiger partial charge in [0.25, 0.3) is 0 Å². The van der Waals surface area contributed by atoms with E-state index in [-0.39, 0.29) is 23.8 Å². The highest BCUT2D eigenvalue weighted by atomic mass is 32.2. The molecule has 0 bridgehead atoms. The number of nitrogens with zero attached hydrogens (tertiary/aromatic N) is 3. The van der Waals surface area contributed by atoms with Crippen molar-refractivity contribution in [1.29, 1.82) is 5.26 Å². The summed E-state index contributed by atoms with van der Waals surface area (Å²) in [5, 5.41) is 8.94. The Balaban J connectivity index is 1.25. The van der Waals surface area contributed by atoms with Gasteiger partial charge < -0.3 is 14.4 Å². The third kappa shape index (κ3) is 6.72. The van der Waals surface area contributed by atoms with Gasteiger partial charge in [-0.3, -0.25) is 9.69 Å². The molecule has 1 saturated heterocycles. The Morgan fingerprint density at radius 1 is 0.971 bits per heavy atom. The van der Waals surface area contributed by atoms with Crippen molar-refractivity contribution >= 4 is 15.9 Å². The second-order valence-corrected chi connectivity index (χ2v) is 10.4. The number of carbonyl (C=O) groups is 1. The van der Waals surface area contributed by atoms with Gasteiger partial charge in [0.2, 0.25) is 15.9 Å². The van der Waals surface area contributed by atoms with Gasteiger partial charge in [-0.25, -0.2) is 13.1 Å². The molecule has 0 saturated carbocycles. The van der Waals surface area contributed by atoms with Crippen LogP contribution in [0.1, 0.15) is 30.4 Å². The largest absolute Gasteiger partial charge is 0.490 e. The molecule has 10 heteroatoms. The number of fused-ring (bicyclic) bond motifs is 1. The van der Waals surface area contributed by atoms with E-state index in [1.807, 2.05) is 24.3 Å². The van der Waals surface area contributed by atoms with Crippen molar-refractivity contribution in [3.63, 3.8) is 0 Å². The molecule has 186 valence electrons. The lowest BCUT2D eigenvalue weighted by Gasteiger charge is -2.22. The van der Waals surface area contributed by atoms with Crippen LogP contribution in [0.5, 0.6) is 11.5 Å². The van der Waals surface area contributed by atoms with Crippen LogP contribution in [-0.2, 0) is 21.4 Å². The van der Waals surface area contributed by atoms with E-state index >= 15 is 0 Å². The molecule has 1 N–H and O–H groups in total. The zero-order chi connectivity index (χ0) is 24.7. The first kappa shape index (κ1) is 25.0. The summed E-state index contributed by atoms with van der Waals surface area (Å²) in [6.45, 7) is 4.67. The number of carbonyl (C=O) groups excluding carboxylic acids is 1. The summed E-state index contributed by atoms with van der Waals surface area (Å²) >= 11 is 0. The number of amides is 1. The number of sulfonamides is 1. The van der Waals surface area contributed by atoms with Crippen molar-refractivity contribution in [2.24, 2.45) is 0 Å². The van der Waals surface area contributed by atoms with E-state index < -0.39 is 10.0 Å². The molecule has 9 nitrogen and oxygen atoms in total. The van der Waals surface area contributed by atoms with Gasteiger partial charge in [0.15, 0.2) is 11.5 Å². The molecule has 0 radical (unpaired) electrons. The number of nitrogens with one attached hydrogen (secondary N) is 1. The van der Waals surface area contributed by atoms with Gasteiger partial charge in [-0.2, -0.15) is 5.26 Å². The Kier molecular flexibility index (Phi) is 8.23. The van der Waals surface area contributed by atoms with Gasteiger partial charge in [-0.15, -0.1) is 0 Å². The van der Waals surface area contributed by atoms with Crippen molar-refractivity contribution in [2.45, 2.75) is 30.7 Å². The van der Waals surface area contributed by atoms with E-state index in [2.05, 4.69) is 15.7 Å². The lowest BCUT2D eigenvalue weighted by Crippen LogP contribution is -2.37. The highest BCUT2D eigenvalue weighted by Crippen LogP contribution is 2.31. The van der Waals surface area contributed by atoms with Gasteiger partial charge >= 0.3 is 0 Å². The van der Waals surface area contributed by atoms with Crippen molar-refractivity contribution in [1.82, 2.24) is 14.5 Å². The third-order valence-electron chi connectivity index (χ3n) is 6.09. The molecule has 2 aliphatic heterocycles. The van der Waals surface area contributed by atoms with Gasteiger partial charge in [-0.05, 0) is 36.2 Å². The van der Waals surface area contributed by atoms with Crippen molar-refractivity contribution in [2.75, 3.05) is 45.9 Å². The van der Waals surface area contributed by atoms with Crippen LogP contribution in [0.3, 0.4) is 0 Å². The quantitative estimate of drug-likeness (QED) is 0.622. The predicted molar refractivity (Wildman–Crippen MR) is 129 cm³/mol. The maximum absolute atomic E-state index is 12.7. The summed E-state index contributed by atoms with van der Waals surface area (Å²) < 4.78 is 39.1. The minimum atomic E-state index is -3.77. The summed E-state index contributed by atoms with van der Waals surface area (Å²) in [6.07, 6.45) is 1.69. The van der Waals surface area contributed by atoms with Gasteiger partial charge in [0.1, 0.15) is 0 Å². The smallest absolute Gasteiger partial charge is 0.240 e. The number of hydrogen-bond donors (Lipinski definition) is 1. The minimum Gasteiger partial charge on any atom is -0.490 e. The highest BCUT2D eigenvalue weighted by Gasteiger charge is 2.22. The maximum atomic E-state index is 12.7. The molecule has 1 fully saturated rings. The number of benzene rings is 2. The normalized spacial score (nSPS) is 16.7. The molecular formula is C25H30N4O5S. The topological polar surface area (TPSA) is 112 Å². The Labute approximate surface area is 206 Å². The van der Waals surface area contributed by atoms with Crippen molar-refractivity contribution in [3.05, 3.63) is 53.6 Å². The lowest BCUT2D eigenvalue weighted by molar-refractivity contribution is -0.130. The average molecular weight is 499 g/mol. The Hall–Kier alpha value is -3.13. The van der Waals surface area contributed by atoms with E-state index in [9.17, 15) is 13.2 Å². The number of ether oxygens (including phenoxy) is 2. The molecule has 0 unspecified atom stereocenters. The first-order valence-corrected chi connectivity index (χ1v) is 13.3. The monoisotopic (exact) mass is 498 g/mol. The van der Waals surface area contributed by atoms with E-state index in [1.54, 1.807) is 11.0 Å². The SMILES string of the molecule is N#Cc1ccc(CN2CCCN(C(=O)CCNS(=O)(=O)c3ccc4c(c3)OCCCO4)CC2)cc1. The van der Waals surface area contributed by atoms with Crippen LogP contribution in [0.25, 0.3) is 0 Å². The van der Waals surface area contributed by atoms with Gasteiger partial charge in [0, 0.05) is 58.2 Å². The standard InChI is InChI=1S/C25H30N4O5S/c26-18-20-3-5-21(6-4-20)19-28-11-1-12-29(14-13-28)25(30)9-10-27-35(31,32)22-7-8-23-24(17-22)34-16-2-15-33-23/h3-8,17,27H,1-2,9-16,19H2. The number of rotatable bonds is 7. The summed E-state index contributed by atoms with van der Waals surface area (Å²) in [7, 11) is -3.77. The fourth-order valence-electron chi connectivity index (χ4n) is 4.17. The Morgan fingerprint density at radius 3 is 2.51 bits per heavy atom. The van der Waals surface area contributed by atoms with Gasteiger partial charge in [0.05, 0.1) is 29.7 Å². The molecule has 0 spiro atoms. The maximum Gasteiger partial charge on any atom is 0.240 e. The zero-order valence-corrected chi connectivity index (χ0v) is 20.4. The fraction of sp³-hybridized carbons (Fsp3) is 0.440. The van der Waals surface area contributed by atoms with Crippen LogP contribution in [0.4, 0.5) is 0 Å². The van der Waals surface area contributed by atoms with E-state index in [4.69, 9.17) is 14.7 Å². The van der Waals surface area contributed by atoms with Crippen LogP contribution < -0.4 is 14.2 Å². The minimum absolute atomic E-state index is 0.0288. The zero-order valence-electron chi connectivity index (χ0n) is 19.6. The highest BCUT2D eigenvalue weighted by molar-refractivity contribution is 7.89. The Bertz CT molecular complexity index is 1180. The van der Waals surface area contributed by atoms with Crippen LogP contribution in [-0.4, -0.2) is 70.1 Å². The molecule has 0 aliphatic carbocycles. The van der Waals surface area contributed by atoms with Crippen molar-refractivity contribution < 1.29 is 22.7 Å². The van der Waals surface area contributed by atoms with E-state index in [0.29, 0.717) is 43.4 Å². The first-order valence-electron chi connectivity index (χ1n) is 11.8. The van der Waals surface area contributed by atoms with Crippen LogP contribution in [0.2, 0.25) is 0 Å². The van der Waals surface area contributed by atoms with Gasteiger partial charge in [-0.1, -0.05) is 12.1 Å². The molecule has 2 aromatic rings. The molecule has 2 aromatic carbocycles. The van der Waals surface area contributed by atoms with Crippen LogP contribution >= 0.6 is 0 Å². The summed E-state index contributed by atoms with van der Waals surface area (Å²) in [5.74, 6) is 0.884. The predicted octanol–water partition coefficient (Wildman–Crippen LogP) is 2.12. The summed E-state index contributed by atoms with van der Waals surface area (Å²) in [6, 6.07) is 14.2. The van der Waals surface area contributed by atoms with Crippen molar-refractivity contribution in [3.8, 4) is 17.6 Å². The molecule has 0 aromatic heterocycles. The first-order chi connectivity index (χ1) is 16.9. The number of hydrogen-bond acceptors (Lipinski definition) is 7. The molecule has 0 atom stereocenters. The molecule has 1 amide bonds. The molecule has 35 heavy (non-hydrogen) atoms. The summed E-state index contributed by atoms with van der Waals surface area (Å²) in [4.78, 5) is 16.9. The molecule has 2 aliphatic rings. The van der Waals surface area contributed by atoms with Crippen LogP contribution in [0, 0.1) is 11.3 Å².